The lowest BCUT2D eigenvalue weighted by atomic mass is 9.58. The molecule has 1 amide bonds. The molecule has 2 aliphatic rings. The van der Waals surface area contributed by atoms with Gasteiger partial charge in [-0.15, -0.1) is 0 Å². The molecule has 0 fully saturated rings. The summed E-state index contributed by atoms with van der Waals surface area (Å²) in [5.74, 6) is -1.32. The number of nitrogens with two attached hydrogens (primary N) is 1. The van der Waals surface area contributed by atoms with Gasteiger partial charge in [-0.3, -0.25) is 4.79 Å². The second-order valence-corrected chi connectivity index (χ2v) is 9.30. The molecule has 0 saturated carbocycles. The van der Waals surface area contributed by atoms with Crippen molar-refractivity contribution in [2.24, 2.45) is 16.6 Å². The number of nitrogens with zero attached hydrogens (tertiary/aromatic N) is 1. The highest BCUT2D eigenvalue weighted by Crippen LogP contribution is 2.55. The Morgan fingerprint density at radius 2 is 1.55 bits per heavy atom. The first-order valence-electron chi connectivity index (χ1n) is 10.5. The van der Waals surface area contributed by atoms with Crippen LogP contribution in [-0.4, -0.2) is 30.1 Å². The molecule has 1 aliphatic heterocycles. The third-order valence-corrected chi connectivity index (χ3v) is 6.77. The number of carboxylic acids is 1. The van der Waals surface area contributed by atoms with E-state index in [0.717, 1.165) is 30.8 Å². The maximum Gasteiger partial charge on any atom is 0.335 e. The molecule has 160 valence electrons. The number of allylic oxidation sites excluding steroid dienone is 2. The molecule has 5 nitrogen and oxygen atoms in total. The standard InChI is InChI=1S/C26H28N2O3/c1-25(2)21(17-4-6-19(7-5-17)24(30)31)12-14-26(3)16-28(15-13-22(25)26)20-10-8-18(9-11-20)23(27)29/h4-13H,14-16H2,1-3H3,(H2,27,29)(H,30,31)/t26-/m1/s1. The number of aromatic carboxylic acids is 1. The number of anilines is 1. The Hall–Kier alpha value is -3.34. The Balaban J connectivity index is 1.62. The highest BCUT2D eigenvalue weighted by molar-refractivity contribution is 5.93. The van der Waals surface area contributed by atoms with Crippen molar-refractivity contribution < 1.29 is 14.7 Å². The Bertz CT molecular complexity index is 1090. The van der Waals surface area contributed by atoms with Gasteiger partial charge in [-0.25, -0.2) is 4.79 Å². The average molecular weight is 417 g/mol. The largest absolute Gasteiger partial charge is 0.478 e. The number of hydrogen-bond acceptors (Lipinski definition) is 3. The van der Waals surface area contributed by atoms with Gasteiger partial charge in [-0.1, -0.05) is 50.6 Å². The molecule has 1 aliphatic carbocycles. The molecule has 1 heterocycles. The number of carbonyl (C=O) groups excluding carboxylic acids is 1. The molecule has 3 N–H and O–H groups in total. The van der Waals surface area contributed by atoms with Crippen molar-refractivity contribution in [2.75, 3.05) is 18.0 Å². The molecular formula is C26H28N2O3. The van der Waals surface area contributed by atoms with E-state index in [1.54, 1.807) is 24.3 Å². The van der Waals surface area contributed by atoms with E-state index in [4.69, 9.17) is 5.73 Å². The van der Waals surface area contributed by atoms with Crippen LogP contribution in [0.3, 0.4) is 0 Å². The molecule has 0 spiro atoms. The molecule has 0 aromatic heterocycles. The predicted octanol–water partition coefficient (Wildman–Crippen LogP) is 4.75. The van der Waals surface area contributed by atoms with Gasteiger partial charge in [0.25, 0.3) is 0 Å². The van der Waals surface area contributed by atoms with Crippen LogP contribution in [0.1, 0.15) is 53.5 Å². The van der Waals surface area contributed by atoms with Gasteiger partial charge in [0, 0.05) is 35.2 Å². The van der Waals surface area contributed by atoms with Gasteiger partial charge in [0.15, 0.2) is 0 Å². The van der Waals surface area contributed by atoms with E-state index in [2.05, 4.69) is 37.8 Å². The fourth-order valence-electron chi connectivity index (χ4n) is 5.23. The summed E-state index contributed by atoms with van der Waals surface area (Å²) in [5.41, 5.74) is 10.8. The molecular weight excluding hydrogens is 388 g/mol. The van der Waals surface area contributed by atoms with Crippen molar-refractivity contribution >= 4 is 23.1 Å². The third kappa shape index (κ3) is 3.65. The minimum atomic E-state index is -0.907. The van der Waals surface area contributed by atoms with Crippen LogP contribution in [0, 0.1) is 10.8 Å². The van der Waals surface area contributed by atoms with Crippen LogP contribution in [-0.2, 0) is 0 Å². The zero-order valence-corrected chi connectivity index (χ0v) is 18.2. The Morgan fingerprint density at radius 1 is 0.935 bits per heavy atom. The van der Waals surface area contributed by atoms with E-state index in [1.165, 1.54) is 11.1 Å². The minimum absolute atomic E-state index is 0.00534. The Kier molecular flexibility index (Phi) is 5.00. The van der Waals surface area contributed by atoms with Crippen LogP contribution in [0.25, 0.3) is 5.57 Å². The van der Waals surface area contributed by atoms with Gasteiger partial charge in [-0.2, -0.15) is 0 Å². The SMILES string of the molecule is CC1(C)C(c2ccc(C(=O)O)cc2)=CC[C@]2(C)CN(c3ccc(C(N)=O)cc3)CC=C12. The maximum absolute atomic E-state index is 11.4. The smallest absolute Gasteiger partial charge is 0.335 e. The van der Waals surface area contributed by atoms with Gasteiger partial charge in [0.2, 0.25) is 5.91 Å². The Labute approximate surface area is 182 Å². The number of hydrogen-bond donors (Lipinski definition) is 2. The van der Waals surface area contributed by atoms with Gasteiger partial charge < -0.3 is 15.7 Å². The summed E-state index contributed by atoms with van der Waals surface area (Å²) in [6.07, 6.45) is 5.56. The fourth-order valence-corrected chi connectivity index (χ4v) is 5.23. The highest BCUT2D eigenvalue weighted by Gasteiger charge is 2.45. The number of benzene rings is 2. The van der Waals surface area contributed by atoms with E-state index in [0.29, 0.717) is 11.1 Å². The van der Waals surface area contributed by atoms with E-state index in [1.807, 2.05) is 24.3 Å². The van der Waals surface area contributed by atoms with Crippen LogP contribution in [0.15, 0.2) is 66.3 Å². The number of primary amides is 1. The first-order chi connectivity index (χ1) is 14.6. The van der Waals surface area contributed by atoms with Gasteiger partial charge >= 0.3 is 5.97 Å². The molecule has 31 heavy (non-hydrogen) atoms. The normalized spacial score (nSPS) is 22.2. The lowest BCUT2D eigenvalue weighted by molar-refractivity contribution is 0.0696. The Morgan fingerprint density at radius 3 is 2.13 bits per heavy atom. The summed E-state index contributed by atoms with van der Waals surface area (Å²) < 4.78 is 0. The first-order valence-corrected chi connectivity index (χ1v) is 10.5. The zero-order chi connectivity index (χ0) is 22.4. The monoisotopic (exact) mass is 416 g/mol. The minimum Gasteiger partial charge on any atom is -0.478 e. The lowest BCUT2D eigenvalue weighted by Gasteiger charge is -2.51. The van der Waals surface area contributed by atoms with Crippen LogP contribution in [0.4, 0.5) is 5.69 Å². The summed E-state index contributed by atoms with van der Waals surface area (Å²) in [6, 6.07) is 14.7. The van der Waals surface area contributed by atoms with Gasteiger partial charge in [0.1, 0.15) is 0 Å². The number of fused-ring (bicyclic) bond motifs is 1. The number of carbonyl (C=O) groups is 2. The van der Waals surface area contributed by atoms with Crippen molar-refractivity contribution in [3.8, 4) is 0 Å². The van der Waals surface area contributed by atoms with Crippen LogP contribution < -0.4 is 10.6 Å². The molecule has 0 unspecified atom stereocenters. The van der Waals surface area contributed by atoms with Crippen LogP contribution in [0.2, 0.25) is 0 Å². The molecule has 0 saturated heterocycles. The lowest BCUT2D eigenvalue weighted by Crippen LogP contribution is -2.47. The molecule has 2 aromatic carbocycles. The van der Waals surface area contributed by atoms with Crippen LogP contribution in [0.5, 0.6) is 0 Å². The molecule has 0 radical (unpaired) electrons. The molecule has 2 aromatic rings. The van der Waals surface area contributed by atoms with E-state index in [-0.39, 0.29) is 10.8 Å². The summed E-state index contributed by atoms with van der Waals surface area (Å²) in [7, 11) is 0. The molecule has 4 rings (SSSR count). The van der Waals surface area contributed by atoms with Crippen molar-refractivity contribution in [2.45, 2.75) is 27.2 Å². The van der Waals surface area contributed by atoms with Crippen molar-refractivity contribution in [3.05, 3.63) is 82.9 Å². The van der Waals surface area contributed by atoms with E-state index < -0.39 is 11.9 Å². The average Bonchev–Trinajstić information content (AvgIpc) is 2.73. The van der Waals surface area contributed by atoms with Gasteiger partial charge in [0.05, 0.1) is 5.56 Å². The number of carboxylic acid groups (broad SMARTS) is 1. The predicted molar refractivity (Wildman–Crippen MR) is 123 cm³/mol. The van der Waals surface area contributed by atoms with Gasteiger partial charge in [-0.05, 0) is 54.0 Å². The van der Waals surface area contributed by atoms with E-state index >= 15 is 0 Å². The second kappa shape index (κ2) is 7.41. The van der Waals surface area contributed by atoms with Crippen molar-refractivity contribution in [1.29, 1.82) is 0 Å². The number of amides is 1. The fraction of sp³-hybridized carbons (Fsp3) is 0.308. The number of rotatable bonds is 4. The summed E-state index contributed by atoms with van der Waals surface area (Å²) in [4.78, 5) is 24.9. The second-order valence-electron chi connectivity index (χ2n) is 9.30. The third-order valence-electron chi connectivity index (χ3n) is 6.77. The topological polar surface area (TPSA) is 83.6 Å². The van der Waals surface area contributed by atoms with E-state index in [9.17, 15) is 14.7 Å². The van der Waals surface area contributed by atoms with Crippen molar-refractivity contribution in [3.63, 3.8) is 0 Å². The molecule has 1 atom stereocenters. The summed E-state index contributed by atoms with van der Waals surface area (Å²) in [6.45, 7) is 8.51. The molecule has 5 heteroatoms. The van der Waals surface area contributed by atoms with Crippen LogP contribution >= 0.6 is 0 Å². The maximum atomic E-state index is 11.4. The molecule has 0 bridgehead atoms. The zero-order valence-electron chi connectivity index (χ0n) is 18.2. The highest BCUT2D eigenvalue weighted by atomic mass is 16.4. The first kappa shape index (κ1) is 20.9. The summed E-state index contributed by atoms with van der Waals surface area (Å²) in [5, 5.41) is 9.19. The quantitative estimate of drug-likeness (QED) is 0.705. The van der Waals surface area contributed by atoms with Crippen molar-refractivity contribution in [1.82, 2.24) is 0 Å². The summed E-state index contributed by atoms with van der Waals surface area (Å²) >= 11 is 0.